The molecule has 6 heteroatoms. The first-order chi connectivity index (χ1) is 15.8. The fraction of sp³-hybridized carbons (Fsp3) is 0.148. The Labute approximate surface area is 192 Å². The molecule has 3 aromatic rings. The minimum atomic E-state index is -0.764. The molecule has 1 N–H and O–H groups in total. The molecule has 0 spiro atoms. The average Bonchev–Trinajstić information content (AvgIpc) is 2.79. The lowest BCUT2D eigenvalue weighted by Gasteiger charge is -2.28. The molecule has 0 aliphatic carbocycles. The number of imide groups is 2. The van der Waals surface area contributed by atoms with Gasteiger partial charge in [-0.2, -0.15) is 0 Å². The highest BCUT2D eigenvalue weighted by Crippen LogP contribution is 2.28. The lowest BCUT2D eigenvalue weighted by molar-refractivity contribution is -0.122. The number of barbiturate groups is 1. The number of nitrogens with zero attached hydrogens (tertiary/aromatic N) is 1. The van der Waals surface area contributed by atoms with Gasteiger partial charge in [-0.3, -0.25) is 14.9 Å². The standard InChI is InChI=1S/C27H24N2O4/c1-17-9-12-20(13-10-17)16-33-24-7-5-4-6-21(24)15-22-25(30)28-27(32)29(26(22)31)23-14-18(2)8-11-19(23)3/h4-15H,16H2,1-3H3,(H,28,30,32)/b22-15+. The number of carbonyl (C=O) groups excluding carboxylic acids is 3. The van der Waals surface area contributed by atoms with E-state index in [1.807, 2.05) is 63.2 Å². The molecular formula is C27H24N2O4. The number of para-hydroxylation sites is 1. The summed E-state index contributed by atoms with van der Waals surface area (Å²) in [5, 5.41) is 2.28. The van der Waals surface area contributed by atoms with Gasteiger partial charge >= 0.3 is 6.03 Å². The average molecular weight is 440 g/mol. The van der Waals surface area contributed by atoms with Crippen molar-refractivity contribution in [1.82, 2.24) is 5.32 Å². The normalized spacial score (nSPS) is 15.1. The molecule has 1 aliphatic heterocycles. The Morgan fingerprint density at radius 1 is 0.879 bits per heavy atom. The minimum absolute atomic E-state index is 0.137. The third kappa shape index (κ3) is 4.70. The topological polar surface area (TPSA) is 75.7 Å². The Bertz CT molecular complexity index is 1280. The van der Waals surface area contributed by atoms with E-state index in [0.717, 1.165) is 27.2 Å². The number of ether oxygens (including phenoxy) is 1. The molecule has 33 heavy (non-hydrogen) atoms. The summed E-state index contributed by atoms with van der Waals surface area (Å²) in [4.78, 5) is 39.4. The van der Waals surface area contributed by atoms with Crippen molar-refractivity contribution in [3.05, 3.63) is 100 Å². The molecule has 1 fully saturated rings. The summed E-state index contributed by atoms with van der Waals surface area (Å²) in [6.07, 6.45) is 1.46. The zero-order valence-electron chi connectivity index (χ0n) is 18.7. The van der Waals surface area contributed by atoms with Crippen LogP contribution in [-0.2, 0) is 16.2 Å². The number of rotatable bonds is 5. The van der Waals surface area contributed by atoms with Crippen LogP contribution in [0.3, 0.4) is 0 Å². The van der Waals surface area contributed by atoms with E-state index in [0.29, 0.717) is 23.6 Å². The van der Waals surface area contributed by atoms with Gasteiger partial charge in [0, 0.05) is 5.56 Å². The molecule has 0 radical (unpaired) electrons. The molecule has 0 bridgehead atoms. The number of hydrogen-bond acceptors (Lipinski definition) is 4. The van der Waals surface area contributed by atoms with E-state index < -0.39 is 17.8 Å². The first-order valence-electron chi connectivity index (χ1n) is 10.6. The van der Waals surface area contributed by atoms with Crippen LogP contribution in [0.1, 0.15) is 27.8 Å². The van der Waals surface area contributed by atoms with Gasteiger partial charge in [0.1, 0.15) is 17.9 Å². The Hall–Kier alpha value is -4.19. The van der Waals surface area contributed by atoms with E-state index in [4.69, 9.17) is 4.74 Å². The highest BCUT2D eigenvalue weighted by atomic mass is 16.5. The van der Waals surface area contributed by atoms with Gasteiger partial charge in [0.05, 0.1) is 5.69 Å². The van der Waals surface area contributed by atoms with E-state index in [1.54, 1.807) is 24.3 Å². The number of aryl methyl sites for hydroxylation is 3. The largest absolute Gasteiger partial charge is 0.488 e. The van der Waals surface area contributed by atoms with Crippen LogP contribution in [0.15, 0.2) is 72.3 Å². The van der Waals surface area contributed by atoms with Gasteiger partial charge in [-0.1, -0.05) is 60.2 Å². The smallest absolute Gasteiger partial charge is 0.335 e. The zero-order valence-corrected chi connectivity index (χ0v) is 18.7. The second kappa shape index (κ2) is 9.12. The fourth-order valence-electron chi connectivity index (χ4n) is 3.57. The SMILES string of the molecule is Cc1ccc(COc2ccccc2/C=C2\C(=O)NC(=O)N(c3cc(C)ccc3C)C2=O)cc1. The number of carbonyl (C=O) groups is 3. The molecule has 4 rings (SSSR count). The summed E-state index contributed by atoms with van der Waals surface area (Å²) in [6.45, 7) is 6.04. The van der Waals surface area contributed by atoms with Crippen LogP contribution in [0.2, 0.25) is 0 Å². The highest BCUT2D eigenvalue weighted by molar-refractivity contribution is 6.39. The second-order valence-corrected chi connectivity index (χ2v) is 8.06. The van der Waals surface area contributed by atoms with E-state index in [-0.39, 0.29) is 5.57 Å². The molecule has 4 amide bonds. The number of amides is 4. The van der Waals surface area contributed by atoms with Crippen LogP contribution in [0.5, 0.6) is 5.75 Å². The Balaban J connectivity index is 1.66. The summed E-state index contributed by atoms with van der Waals surface area (Å²) >= 11 is 0. The van der Waals surface area contributed by atoms with E-state index >= 15 is 0 Å². The molecule has 0 aromatic heterocycles. The van der Waals surface area contributed by atoms with Gasteiger partial charge in [0.15, 0.2) is 0 Å². The molecule has 3 aromatic carbocycles. The molecule has 6 nitrogen and oxygen atoms in total. The Kier molecular flexibility index (Phi) is 6.09. The number of nitrogens with one attached hydrogen (secondary N) is 1. The van der Waals surface area contributed by atoms with Crippen LogP contribution in [-0.4, -0.2) is 17.8 Å². The maximum Gasteiger partial charge on any atom is 0.335 e. The summed E-state index contributed by atoms with van der Waals surface area (Å²) < 4.78 is 5.97. The van der Waals surface area contributed by atoms with Gasteiger partial charge in [0.25, 0.3) is 11.8 Å². The third-order valence-electron chi connectivity index (χ3n) is 5.44. The zero-order chi connectivity index (χ0) is 23.5. The molecule has 1 saturated heterocycles. The van der Waals surface area contributed by atoms with Crippen molar-refractivity contribution in [2.45, 2.75) is 27.4 Å². The maximum atomic E-state index is 13.3. The predicted octanol–water partition coefficient (Wildman–Crippen LogP) is 4.86. The van der Waals surface area contributed by atoms with Gasteiger partial charge < -0.3 is 4.74 Å². The van der Waals surface area contributed by atoms with Gasteiger partial charge in [-0.15, -0.1) is 0 Å². The second-order valence-electron chi connectivity index (χ2n) is 8.06. The van der Waals surface area contributed by atoms with Gasteiger partial charge in [-0.05, 0) is 55.7 Å². The van der Waals surface area contributed by atoms with Crippen LogP contribution in [0.25, 0.3) is 6.08 Å². The number of hydrogen-bond donors (Lipinski definition) is 1. The number of anilines is 1. The molecule has 1 heterocycles. The summed E-state index contributed by atoms with van der Waals surface area (Å²) in [7, 11) is 0. The Morgan fingerprint density at radius 2 is 1.58 bits per heavy atom. The van der Waals surface area contributed by atoms with Crippen LogP contribution in [0, 0.1) is 20.8 Å². The molecule has 0 atom stereocenters. The van der Waals surface area contributed by atoms with E-state index in [9.17, 15) is 14.4 Å². The van der Waals surface area contributed by atoms with Crippen molar-refractivity contribution in [3.63, 3.8) is 0 Å². The van der Waals surface area contributed by atoms with E-state index in [1.165, 1.54) is 6.08 Å². The van der Waals surface area contributed by atoms with Crippen LogP contribution in [0.4, 0.5) is 10.5 Å². The minimum Gasteiger partial charge on any atom is -0.488 e. The van der Waals surface area contributed by atoms with Crippen LogP contribution >= 0.6 is 0 Å². The lowest BCUT2D eigenvalue weighted by Crippen LogP contribution is -2.54. The van der Waals surface area contributed by atoms with Crippen molar-refractivity contribution in [1.29, 1.82) is 0 Å². The third-order valence-corrected chi connectivity index (χ3v) is 5.44. The van der Waals surface area contributed by atoms with Crippen molar-refractivity contribution < 1.29 is 19.1 Å². The monoisotopic (exact) mass is 440 g/mol. The maximum absolute atomic E-state index is 13.3. The first-order valence-corrected chi connectivity index (χ1v) is 10.6. The van der Waals surface area contributed by atoms with Crippen LogP contribution < -0.4 is 15.0 Å². The van der Waals surface area contributed by atoms with Gasteiger partial charge in [-0.25, -0.2) is 9.69 Å². The Morgan fingerprint density at radius 3 is 2.33 bits per heavy atom. The molecule has 166 valence electrons. The lowest BCUT2D eigenvalue weighted by atomic mass is 10.0. The first kappa shape index (κ1) is 22.0. The highest BCUT2D eigenvalue weighted by Gasteiger charge is 2.37. The predicted molar refractivity (Wildman–Crippen MR) is 127 cm³/mol. The number of urea groups is 1. The molecule has 0 unspecified atom stereocenters. The van der Waals surface area contributed by atoms with Crippen molar-refractivity contribution in [3.8, 4) is 5.75 Å². The molecule has 0 saturated carbocycles. The summed E-state index contributed by atoms with van der Waals surface area (Å²) in [5.74, 6) is -0.882. The van der Waals surface area contributed by atoms with Crippen molar-refractivity contribution >= 4 is 29.6 Å². The number of benzene rings is 3. The quantitative estimate of drug-likeness (QED) is 0.454. The summed E-state index contributed by atoms with van der Waals surface area (Å²) in [5.41, 5.74) is 4.68. The van der Waals surface area contributed by atoms with Gasteiger partial charge in [0.2, 0.25) is 0 Å². The molecule has 1 aliphatic rings. The van der Waals surface area contributed by atoms with Crippen molar-refractivity contribution in [2.75, 3.05) is 4.90 Å². The summed E-state index contributed by atoms with van der Waals surface area (Å²) in [6, 6.07) is 19.9. The molecular weight excluding hydrogens is 416 g/mol. The van der Waals surface area contributed by atoms with Crippen molar-refractivity contribution in [2.24, 2.45) is 0 Å². The van der Waals surface area contributed by atoms with E-state index in [2.05, 4.69) is 5.32 Å². The fourth-order valence-corrected chi connectivity index (χ4v) is 3.57.